The van der Waals surface area contributed by atoms with Crippen molar-refractivity contribution in [1.82, 2.24) is 5.32 Å². The van der Waals surface area contributed by atoms with Crippen LogP contribution in [0.5, 0.6) is 5.75 Å². The summed E-state index contributed by atoms with van der Waals surface area (Å²) in [5.74, 6) is 0.204. The van der Waals surface area contributed by atoms with Crippen LogP contribution >= 0.6 is 27.5 Å². The molecular weight excluding hydrogens is 305 g/mol. The fourth-order valence-corrected chi connectivity index (χ4v) is 2.09. The van der Waals surface area contributed by atoms with Gasteiger partial charge in [-0.2, -0.15) is 0 Å². The Kier molecular flexibility index (Phi) is 5.78. The molecule has 5 heteroatoms. The number of rotatable bonds is 5. The summed E-state index contributed by atoms with van der Waals surface area (Å²) in [6, 6.07) is 4.81. The van der Waals surface area contributed by atoms with E-state index < -0.39 is 0 Å². The van der Waals surface area contributed by atoms with E-state index in [9.17, 15) is 9.90 Å². The fourth-order valence-electron chi connectivity index (χ4n) is 1.46. The van der Waals surface area contributed by atoms with E-state index >= 15 is 0 Å². The summed E-state index contributed by atoms with van der Waals surface area (Å²) in [6.07, 6.45) is 1.53. The lowest BCUT2D eigenvalue weighted by Crippen LogP contribution is -2.34. The number of benzene rings is 1. The number of nitrogens with one attached hydrogen (secondary N) is 1. The molecule has 0 saturated heterocycles. The maximum absolute atomic E-state index is 11.9. The minimum atomic E-state index is -0.277. The Bertz CT molecular complexity index is 398. The van der Waals surface area contributed by atoms with Crippen LogP contribution in [0.2, 0.25) is 0 Å². The first-order valence-corrected chi connectivity index (χ1v) is 6.76. The molecule has 1 aromatic rings. The third-order valence-electron chi connectivity index (χ3n) is 2.49. The summed E-state index contributed by atoms with van der Waals surface area (Å²) in [7, 11) is 0. The van der Waals surface area contributed by atoms with Gasteiger partial charge in [0.15, 0.2) is 0 Å². The number of amides is 1. The molecule has 0 aliphatic heterocycles. The van der Waals surface area contributed by atoms with Crippen LogP contribution in [-0.2, 0) is 0 Å². The molecule has 0 aliphatic rings. The van der Waals surface area contributed by atoms with Gasteiger partial charge in [0.1, 0.15) is 5.75 Å². The number of carbonyl (C=O) groups excluding carboxylic acids is 1. The van der Waals surface area contributed by atoms with E-state index in [1.54, 1.807) is 12.1 Å². The first-order chi connectivity index (χ1) is 8.08. The van der Waals surface area contributed by atoms with E-state index in [-0.39, 0.29) is 23.3 Å². The summed E-state index contributed by atoms with van der Waals surface area (Å²) in [6.45, 7) is 1.98. The molecule has 0 heterocycles. The zero-order valence-electron chi connectivity index (χ0n) is 9.54. The molecule has 1 aromatic carbocycles. The van der Waals surface area contributed by atoms with Crippen LogP contribution in [0.4, 0.5) is 0 Å². The number of alkyl halides is 1. The van der Waals surface area contributed by atoms with Gasteiger partial charge in [-0.25, -0.2) is 0 Å². The molecule has 2 N–H and O–H groups in total. The average Bonchev–Trinajstić information content (AvgIpc) is 2.31. The van der Waals surface area contributed by atoms with Gasteiger partial charge in [-0.15, -0.1) is 11.6 Å². The molecule has 0 aliphatic carbocycles. The molecule has 0 fully saturated rings. The van der Waals surface area contributed by atoms with Crippen LogP contribution in [-0.4, -0.2) is 22.9 Å². The van der Waals surface area contributed by atoms with E-state index in [4.69, 9.17) is 11.6 Å². The third kappa shape index (κ3) is 4.21. The number of carbonyl (C=O) groups is 1. The number of phenolic OH excluding ortho intramolecular Hbond substituents is 1. The second kappa shape index (κ2) is 6.87. The highest BCUT2D eigenvalue weighted by atomic mass is 79.9. The number of hydrogen-bond acceptors (Lipinski definition) is 2. The van der Waals surface area contributed by atoms with Crippen molar-refractivity contribution in [2.75, 3.05) is 5.88 Å². The van der Waals surface area contributed by atoms with Crippen LogP contribution in [0, 0.1) is 0 Å². The smallest absolute Gasteiger partial charge is 0.255 e. The van der Waals surface area contributed by atoms with Crippen LogP contribution < -0.4 is 5.32 Å². The quantitative estimate of drug-likeness (QED) is 0.818. The summed E-state index contributed by atoms with van der Waals surface area (Å²) in [4.78, 5) is 11.9. The zero-order valence-corrected chi connectivity index (χ0v) is 11.9. The second-order valence-electron chi connectivity index (χ2n) is 3.72. The van der Waals surface area contributed by atoms with Crippen molar-refractivity contribution in [3.63, 3.8) is 0 Å². The Labute approximate surface area is 114 Å². The molecule has 1 amide bonds. The van der Waals surface area contributed by atoms with Crippen molar-refractivity contribution in [3.05, 3.63) is 28.2 Å². The largest absolute Gasteiger partial charge is 0.507 e. The average molecular weight is 321 g/mol. The maximum Gasteiger partial charge on any atom is 0.255 e. The first-order valence-electron chi connectivity index (χ1n) is 5.43. The normalized spacial score (nSPS) is 12.2. The van der Waals surface area contributed by atoms with Crippen LogP contribution in [0.3, 0.4) is 0 Å². The number of aromatic hydroxyl groups is 1. The monoisotopic (exact) mass is 319 g/mol. The van der Waals surface area contributed by atoms with E-state index in [1.165, 1.54) is 6.07 Å². The highest BCUT2D eigenvalue weighted by Gasteiger charge is 2.15. The Hall–Kier alpha value is -0.740. The third-order valence-corrected chi connectivity index (χ3v) is 3.20. The molecule has 94 valence electrons. The van der Waals surface area contributed by atoms with Gasteiger partial charge in [-0.3, -0.25) is 4.79 Å². The minimum absolute atomic E-state index is 0.0218. The van der Waals surface area contributed by atoms with Gasteiger partial charge in [0, 0.05) is 16.4 Å². The van der Waals surface area contributed by atoms with Gasteiger partial charge in [0.05, 0.1) is 5.56 Å². The zero-order chi connectivity index (χ0) is 12.8. The highest BCUT2D eigenvalue weighted by Crippen LogP contribution is 2.22. The highest BCUT2D eigenvalue weighted by molar-refractivity contribution is 9.10. The Morgan fingerprint density at radius 3 is 2.88 bits per heavy atom. The molecule has 0 bridgehead atoms. The van der Waals surface area contributed by atoms with Crippen molar-refractivity contribution in [1.29, 1.82) is 0 Å². The minimum Gasteiger partial charge on any atom is -0.507 e. The van der Waals surface area contributed by atoms with Crippen LogP contribution in [0.15, 0.2) is 22.7 Å². The predicted octanol–water partition coefficient (Wildman–Crippen LogP) is 3.29. The molecule has 1 rings (SSSR count). The van der Waals surface area contributed by atoms with E-state index in [0.29, 0.717) is 5.88 Å². The fraction of sp³-hybridized carbons (Fsp3) is 0.417. The standard InChI is InChI=1S/C12H15BrClNO2/c1-2-9(5-6-14)15-12(17)10-7-8(13)3-4-11(10)16/h3-4,7,9,16H,2,5-6H2,1H3,(H,15,17). The molecule has 1 unspecified atom stereocenters. The summed E-state index contributed by atoms with van der Waals surface area (Å²) >= 11 is 8.92. The van der Waals surface area contributed by atoms with E-state index in [1.807, 2.05) is 6.92 Å². The van der Waals surface area contributed by atoms with Crippen LogP contribution in [0.1, 0.15) is 30.1 Å². The predicted molar refractivity (Wildman–Crippen MR) is 72.7 cm³/mol. The van der Waals surface area contributed by atoms with Crippen molar-refractivity contribution < 1.29 is 9.90 Å². The molecule has 0 saturated carbocycles. The second-order valence-corrected chi connectivity index (χ2v) is 5.01. The van der Waals surface area contributed by atoms with Gasteiger partial charge < -0.3 is 10.4 Å². The lowest BCUT2D eigenvalue weighted by Gasteiger charge is -2.16. The molecular formula is C12H15BrClNO2. The molecule has 1 atom stereocenters. The van der Waals surface area contributed by atoms with Gasteiger partial charge in [-0.05, 0) is 31.0 Å². The maximum atomic E-state index is 11.9. The van der Waals surface area contributed by atoms with Crippen molar-refractivity contribution in [2.24, 2.45) is 0 Å². The van der Waals surface area contributed by atoms with Gasteiger partial charge >= 0.3 is 0 Å². The van der Waals surface area contributed by atoms with Gasteiger partial charge in [-0.1, -0.05) is 22.9 Å². The Balaban J connectivity index is 2.78. The summed E-state index contributed by atoms with van der Waals surface area (Å²) < 4.78 is 0.755. The van der Waals surface area contributed by atoms with Gasteiger partial charge in [0.25, 0.3) is 5.91 Å². The number of phenols is 1. The summed E-state index contributed by atoms with van der Waals surface area (Å²) in [5.41, 5.74) is 0.271. The molecule has 0 aromatic heterocycles. The Morgan fingerprint density at radius 2 is 2.29 bits per heavy atom. The Morgan fingerprint density at radius 1 is 1.59 bits per heavy atom. The van der Waals surface area contributed by atoms with E-state index in [0.717, 1.165) is 17.3 Å². The number of halogens is 2. The van der Waals surface area contributed by atoms with Crippen molar-refractivity contribution in [2.45, 2.75) is 25.8 Å². The van der Waals surface area contributed by atoms with Crippen LogP contribution in [0.25, 0.3) is 0 Å². The molecule has 3 nitrogen and oxygen atoms in total. The lowest BCUT2D eigenvalue weighted by atomic mass is 10.1. The lowest BCUT2D eigenvalue weighted by molar-refractivity contribution is 0.0932. The number of hydrogen-bond donors (Lipinski definition) is 2. The van der Waals surface area contributed by atoms with E-state index in [2.05, 4.69) is 21.2 Å². The van der Waals surface area contributed by atoms with Gasteiger partial charge in [0.2, 0.25) is 0 Å². The first kappa shape index (κ1) is 14.3. The topological polar surface area (TPSA) is 49.3 Å². The SMILES string of the molecule is CCC(CCCl)NC(=O)c1cc(Br)ccc1O. The molecule has 17 heavy (non-hydrogen) atoms. The molecule has 0 spiro atoms. The molecule has 0 radical (unpaired) electrons. The summed E-state index contributed by atoms with van der Waals surface area (Å²) in [5, 5.41) is 12.5. The van der Waals surface area contributed by atoms with Crippen molar-refractivity contribution in [3.8, 4) is 5.75 Å². The van der Waals surface area contributed by atoms with Crippen molar-refractivity contribution >= 4 is 33.4 Å².